The second kappa shape index (κ2) is 5.15. The van der Waals surface area contributed by atoms with Crippen molar-refractivity contribution in [3.05, 3.63) is 28.2 Å². The highest BCUT2D eigenvalue weighted by molar-refractivity contribution is 6.42. The van der Waals surface area contributed by atoms with Crippen molar-refractivity contribution in [3.63, 3.8) is 0 Å². The number of halogens is 2. The first-order valence-electron chi connectivity index (χ1n) is 5.12. The van der Waals surface area contributed by atoms with Crippen LogP contribution in [0.25, 0.3) is 0 Å². The lowest BCUT2D eigenvalue weighted by Crippen LogP contribution is -2.34. The number of nitrogens with zero attached hydrogens (tertiary/aromatic N) is 1. The maximum absolute atomic E-state index is 11.8. The van der Waals surface area contributed by atoms with Crippen LogP contribution in [0, 0.1) is 0 Å². The molecule has 1 amide bonds. The van der Waals surface area contributed by atoms with Gasteiger partial charge in [-0.25, -0.2) is 4.79 Å². The van der Waals surface area contributed by atoms with Crippen LogP contribution in [0.1, 0.15) is 20.8 Å². The van der Waals surface area contributed by atoms with Crippen LogP contribution in [-0.4, -0.2) is 18.7 Å². The first kappa shape index (κ1) is 14.1. The molecule has 0 aliphatic carbocycles. The van der Waals surface area contributed by atoms with E-state index in [9.17, 15) is 4.79 Å². The lowest BCUT2D eigenvalue weighted by Gasteiger charge is -2.24. The molecule has 0 atom stereocenters. The Kier molecular flexibility index (Phi) is 4.28. The maximum atomic E-state index is 11.8. The molecule has 1 rings (SSSR count). The van der Waals surface area contributed by atoms with Gasteiger partial charge >= 0.3 is 6.09 Å². The van der Waals surface area contributed by atoms with Gasteiger partial charge in [-0.15, -0.1) is 0 Å². The first-order chi connectivity index (χ1) is 7.70. The summed E-state index contributed by atoms with van der Waals surface area (Å²) in [5.41, 5.74) is 0.107. The molecule has 0 spiro atoms. The van der Waals surface area contributed by atoms with E-state index in [0.717, 1.165) is 0 Å². The van der Waals surface area contributed by atoms with Crippen molar-refractivity contribution in [2.75, 3.05) is 11.9 Å². The smallest absolute Gasteiger partial charge is 0.414 e. The van der Waals surface area contributed by atoms with E-state index in [0.29, 0.717) is 15.7 Å². The van der Waals surface area contributed by atoms with Crippen LogP contribution in [-0.2, 0) is 4.74 Å². The van der Waals surface area contributed by atoms with E-state index >= 15 is 0 Å². The molecule has 0 N–H and O–H groups in total. The molecule has 94 valence electrons. The normalized spacial score (nSPS) is 11.2. The molecule has 0 bridgehead atoms. The number of anilines is 1. The van der Waals surface area contributed by atoms with Gasteiger partial charge in [-0.05, 0) is 39.0 Å². The summed E-state index contributed by atoms with van der Waals surface area (Å²) < 4.78 is 5.23. The lowest BCUT2D eigenvalue weighted by molar-refractivity contribution is 0.0589. The van der Waals surface area contributed by atoms with E-state index in [-0.39, 0.29) is 0 Å². The summed E-state index contributed by atoms with van der Waals surface area (Å²) in [6.45, 7) is 5.44. The van der Waals surface area contributed by atoms with Crippen LogP contribution >= 0.6 is 23.2 Å². The van der Waals surface area contributed by atoms with Gasteiger partial charge in [0.05, 0.1) is 10.0 Å². The molecule has 5 heteroatoms. The number of amides is 1. The molecule has 0 fully saturated rings. The molecule has 0 saturated heterocycles. The summed E-state index contributed by atoms with van der Waals surface area (Å²) >= 11 is 11.7. The topological polar surface area (TPSA) is 29.5 Å². The third kappa shape index (κ3) is 4.10. The van der Waals surface area contributed by atoms with E-state index in [2.05, 4.69) is 0 Å². The minimum atomic E-state index is -0.526. The van der Waals surface area contributed by atoms with Crippen molar-refractivity contribution >= 4 is 35.0 Å². The summed E-state index contributed by atoms with van der Waals surface area (Å²) in [7, 11) is 1.62. The van der Waals surface area contributed by atoms with E-state index in [1.54, 1.807) is 25.2 Å². The van der Waals surface area contributed by atoms with Gasteiger partial charge in [-0.2, -0.15) is 0 Å². The van der Waals surface area contributed by atoms with E-state index in [1.807, 2.05) is 20.8 Å². The number of hydrogen-bond acceptors (Lipinski definition) is 2. The Morgan fingerprint density at radius 3 is 2.29 bits per heavy atom. The van der Waals surface area contributed by atoms with E-state index < -0.39 is 11.7 Å². The Morgan fingerprint density at radius 1 is 1.24 bits per heavy atom. The third-order valence-electron chi connectivity index (χ3n) is 1.96. The first-order valence-corrected chi connectivity index (χ1v) is 5.88. The summed E-state index contributed by atoms with van der Waals surface area (Å²) in [5.74, 6) is 0. The van der Waals surface area contributed by atoms with Crippen LogP contribution in [0.2, 0.25) is 10.0 Å². The molecule has 0 aliphatic heterocycles. The van der Waals surface area contributed by atoms with Gasteiger partial charge in [0.15, 0.2) is 0 Å². The fourth-order valence-corrected chi connectivity index (χ4v) is 1.42. The molecule has 0 unspecified atom stereocenters. The molecule has 1 aromatic carbocycles. The molecule has 0 aromatic heterocycles. The van der Waals surface area contributed by atoms with Crippen LogP contribution < -0.4 is 4.90 Å². The van der Waals surface area contributed by atoms with E-state index in [4.69, 9.17) is 27.9 Å². The molecule has 3 nitrogen and oxygen atoms in total. The average molecular weight is 276 g/mol. The Balaban J connectivity index is 2.85. The standard InChI is InChI=1S/C12H15Cl2NO2/c1-12(2,3)17-11(16)15(4)8-5-6-9(13)10(14)7-8/h5-7H,1-4H3. The highest BCUT2D eigenvalue weighted by Gasteiger charge is 2.20. The number of benzene rings is 1. The number of carbonyl (C=O) groups is 1. The molecule has 0 aliphatic rings. The second-order valence-corrected chi connectivity index (χ2v) is 5.45. The number of ether oxygens (including phenoxy) is 1. The molecular weight excluding hydrogens is 261 g/mol. The Hall–Kier alpha value is -0.930. The Bertz CT molecular complexity index is 427. The Labute approximate surface area is 111 Å². The zero-order valence-electron chi connectivity index (χ0n) is 10.3. The fraction of sp³-hybridized carbons (Fsp3) is 0.417. The zero-order valence-corrected chi connectivity index (χ0v) is 11.8. The Morgan fingerprint density at radius 2 is 1.82 bits per heavy atom. The number of hydrogen-bond donors (Lipinski definition) is 0. The van der Waals surface area contributed by atoms with Crippen molar-refractivity contribution in [1.29, 1.82) is 0 Å². The molecule has 0 heterocycles. The van der Waals surface area contributed by atoms with Gasteiger partial charge < -0.3 is 4.74 Å². The van der Waals surface area contributed by atoms with Gasteiger partial charge in [-0.3, -0.25) is 4.90 Å². The van der Waals surface area contributed by atoms with Crippen molar-refractivity contribution in [2.24, 2.45) is 0 Å². The van der Waals surface area contributed by atoms with Gasteiger partial charge in [0.2, 0.25) is 0 Å². The fourth-order valence-electron chi connectivity index (χ4n) is 1.13. The molecule has 0 radical (unpaired) electrons. The zero-order chi connectivity index (χ0) is 13.2. The predicted molar refractivity (Wildman–Crippen MR) is 71.1 cm³/mol. The molecule has 0 saturated carbocycles. The van der Waals surface area contributed by atoms with Gasteiger partial charge in [-0.1, -0.05) is 23.2 Å². The third-order valence-corrected chi connectivity index (χ3v) is 2.70. The maximum Gasteiger partial charge on any atom is 0.414 e. The largest absolute Gasteiger partial charge is 0.443 e. The summed E-state index contributed by atoms with van der Waals surface area (Å²) in [5, 5.41) is 0.854. The molecule has 1 aromatic rings. The summed E-state index contributed by atoms with van der Waals surface area (Å²) in [6, 6.07) is 4.96. The van der Waals surface area contributed by atoms with Crippen molar-refractivity contribution in [3.8, 4) is 0 Å². The van der Waals surface area contributed by atoms with Crippen LogP contribution in [0.3, 0.4) is 0 Å². The highest BCUT2D eigenvalue weighted by atomic mass is 35.5. The second-order valence-electron chi connectivity index (χ2n) is 4.64. The van der Waals surface area contributed by atoms with Crippen LogP contribution in [0.15, 0.2) is 18.2 Å². The lowest BCUT2D eigenvalue weighted by atomic mass is 10.2. The number of rotatable bonds is 1. The van der Waals surface area contributed by atoms with Crippen molar-refractivity contribution in [1.82, 2.24) is 0 Å². The summed E-state index contributed by atoms with van der Waals surface area (Å²) in [4.78, 5) is 13.2. The molecule has 17 heavy (non-hydrogen) atoms. The van der Waals surface area contributed by atoms with Crippen LogP contribution in [0.4, 0.5) is 10.5 Å². The predicted octanol–water partition coefficient (Wildman–Crippen LogP) is 4.36. The van der Waals surface area contributed by atoms with Gasteiger partial charge in [0.1, 0.15) is 5.60 Å². The minimum absolute atomic E-state index is 0.402. The monoisotopic (exact) mass is 275 g/mol. The average Bonchev–Trinajstić information content (AvgIpc) is 2.18. The van der Waals surface area contributed by atoms with Crippen molar-refractivity contribution in [2.45, 2.75) is 26.4 Å². The van der Waals surface area contributed by atoms with Gasteiger partial charge in [0.25, 0.3) is 0 Å². The quantitative estimate of drug-likeness (QED) is 0.762. The minimum Gasteiger partial charge on any atom is -0.443 e. The van der Waals surface area contributed by atoms with Crippen LogP contribution in [0.5, 0.6) is 0 Å². The molecular formula is C12H15Cl2NO2. The number of carbonyl (C=O) groups excluding carboxylic acids is 1. The van der Waals surface area contributed by atoms with Gasteiger partial charge in [0, 0.05) is 12.7 Å². The highest BCUT2D eigenvalue weighted by Crippen LogP contribution is 2.27. The SMILES string of the molecule is CN(C(=O)OC(C)(C)C)c1ccc(Cl)c(Cl)c1. The van der Waals surface area contributed by atoms with E-state index in [1.165, 1.54) is 4.90 Å². The summed E-state index contributed by atoms with van der Waals surface area (Å²) in [6.07, 6.45) is -0.434. The van der Waals surface area contributed by atoms with Crippen molar-refractivity contribution < 1.29 is 9.53 Å².